The van der Waals surface area contributed by atoms with E-state index in [0.29, 0.717) is 45.6 Å². The van der Waals surface area contributed by atoms with E-state index in [2.05, 4.69) is 13.2 Å². The molecule has 0 bridgehead atoms. The van der Waals surface area contributed by atoms with Crippen molar-refractivity contribution in [2.45, 2.75) is 32.1 Å². The Kier molecular flexibility index (Phi) is 10.4. The van der Waals surface area contributed by atoms with Crippen molar-refractivity contribution in [3.05, 3.63) is 162 Å². The molecule has 0 fully saturated rings. The molecule has 252 valence electrons. The van der Waals surface area contributed by atoms with Crippen LogP contribution in [0.15, 0.2) is 135 Å². The maximum atomic E-state index is 13.7. The van der Waals surface area contributed by atoms with Gasteiger partial charge in [-0.15, -0.1) is 13.2 Å². The van der Waals surface area contributed by atoms with Crippen molar-refractivity contribution < 1.29 is 36.2 Å². The van der Waals surface area contributed by atoms with Gasteiger partial charge in [-0.3, -0.25) is 0 Å². The molecular formula is C40H34F6O2P+. The Morgan fingerprint density at radius 2 is 1.04 bits per heavy atom. The Balaban J connectivity index is 1.73. The minimum Gasteiger partial charge on any atom is -0.507 e. The molecule has 0 aliphatic rings. The zero-order valence-corrected chi connectivity index (χ0v) is 27.5. The lowest BCUT2D eigenvalue weighted by Crippen LogP contribution is -2.35. The van der Waals surface area contributed by atoms with Crippen LogP contribution in [0.1, 0.15) is 27.8 Å². The summed E-state index contributed by atoms with van der Waals surface area (Å²) in [7, 11) is -3.10. The molecule has 0 aromatic heterocycles. The second-order valence-electron chi connectivity index (χ2n) is 11.7. The van der Waals surface area contributed by atoms with E-state index < -0.39 is 30.7 Å². The average molecular weight is 692 g/mol. The zero-order valence-electron chi connectivity index (χ0n) is 26.7. The number of hydrogen-bond acceptors (Lipinski definition) is 2. The summed E-state index contributed by atoms with van der Waals surface area (Å²) in [5.74, 6) is 0.396. The summed E-state index contributed by atoms with van der Waals surface area (Å²) in [6, 6.07) is 27.6. The predicted molar refractivity (Wildman–Crippen MR) is 187 cm³/mol. The number of ether oxygens (including phenoxy) is 1. The van der Waals surface area contributed by atoms with E-state index in [1.54, 1.807) is 30.4 Å². The van der Waals surface area contributed by atoms with Crippen molar-refractivity contribution in [3.8, 4) is 22.6 Å². The van der Waals surface area contributed by atoms with Crippen molar-refractivity contribution in [1.82, 2.24) is 0 Å². The van der Waals surface area contributed by atoms with Gasteiger partial charge in [-0.05, 0) is 116 Å². The molecule has 0 heterocycles. The summed E-state index contributed by atoms with van der Waals surface area (Å²) in [6.07, 6.45) is -4.69. The standard InChI is InChI=1S/C40H33F6O2P/c1-4-6-28-10-22-37(47)35(24-28)36-25-29(7-5-2)11-23-38(36)48-26-49(32-16-8-27(3)9-17-32,33-18-12-30(13-19-33)39(41,42)43)34-20-14-31(15-21-34)40(44,45)46/h4-5,8-25H,1-2,6-7,26H2,3H3/p+1. The molecule has 49 heavy (non-hydrogen) atoms. The molecule has 5 aromatic rings. The Morgan fingerprint density at radius 3 is 1.49 bits per heavy atom. The van der Waals surface area contributed by atoms with Crippen molar-refractivity contribution in [2.24, 2.45) is 0 Å². The highest BCUT2D eigenvalue weighted by molar-refractivity contribution is 7.95. The monoisotopic (exact) mass is 691 g/mol. The van der Waals surface area contributed by atoms with Gasteiger partial charge in [0.2, 0.25) is 6.35 Å². The first kappa shape index (κ1) is 35.5. The van der Waals surface area contributed by atoms with E-state index in [1.165, 1.54) is 24.3 Å². The van der Waals surface area contributed by atoms with Crippen molar-refractivity contribution in [2.75, 3.05) is 6.35 Å². The number of benzene rings is 5. The fraction of sp³-hybridized carbons (Fsp3) is 0.150. The third kappa shape index (κ3) is 7.76. The Hall–Kier alpha value is -4.81. The van der Waals surface area contributed by atoms with E-state index in [1.807, 2.05) is 49.4 Å². The molecule has 2 nitrogen and oxygen atoms in total. The van der Waals surface area contributed by atoms with Crippen molar-refractivity contribution in [3.63, 3.8) is 0 Å². The van der Waals surface area contributed by atoms with Crippen molar-refractivity contribution in [1.29, 1.82) is 0 Å². The highest BCUT2D eigenvalue weighted by atomic mass is 31.2. The number of phenols is 1. The van der Waals surface area contributed by atoms with Gasteiger partial charge in [0, 0.05) is 11.1 Å². The second-order valence-corrected chi connectivity index (χ2v) is 15.1. The number of aromatic hydroxyl groups is 1. The summed E-state index contributed by atoms with van der Waals surface area (Å²) in [5.41, 5.74) is 2.11. The molecule has 0 aliphatic heterocycles. The van der Waals surface area contributed by atoms with Crippen LogP contribution in [0.2, 0.25) is 0 Å². The minimum atomic E-state index is -4.58. The number of allylic oxidation sites excluding steroid dienone is 2. The summed E-state index contributed by atoms with van der Waals surface area (Å²) in [5, 5.41) is 12.7. The van der Waals surface area contributed by atoms with Gasteiger partial charge in [0.25, 0.3) is 0 Å². The van der Waals surface area contributed by atoms with Gasteiger partial charge in [0.1, 0.15) is 27.4 Å². The van der Waals surface area contributed by atoms with Crippen LogP contribution in [-0.4, -0.2) is 11.5 Å². The molecule has 9 heteroatoms. The number of aryl methyl sites for hydroxylation is 1. The maximum absolute atomic E-state index is 13.7. The number of hydrogen-bond donors (Lipinski definition) is 1. The molecule has 0 spiro atoms. The van der Waals surface area contributed by atoms with Gasteiger partial charge >= 0.3 is 12.4 Å². The van der Waals surface area contributed by atoms with E-state index >= 15 is 0 Å². The third-order valence-corrected chi connectivity index (χ3v) is 12.4. The van der Waals surface area contributed by atoms with Crippen LogP contribution >= 0.6 is 7.26 Å². The molecule has 0 saturated heterocycles. The van der Waals surface area contributed by atoms with Gasteiger partial charge in [0.15, 0.2) is 7.26 Å². The van der Waals surface area contributed by atoms with E-state index in [-0.39, 0.29) is 12.1 Å². The highest BCUT2D eigenvalue weighted by Crippen LogP contribution is 2.56. The minimum absolute atomic E-state index is 0.0125. The molecule has 1 N–H and O–H groups in total. The van der Waals surface area contributed by atoms with Gasteiger partial charge in [-0.25, -0.2) is 0 Å². The molecular weight excluding hydrogens is 657 g/mol. The van der Waals surface area contributed by atoms with Crippen LogP contribution in [0, 0.1) is 6.92 Å². The van der Waals surface area contributed by atoms with E-state index in [9.17, 15) is 31.4 Å². The van der Waals surface area contributed by atoms with Gasteiger partial charge in [-0.2, -0.15) is 26.3 Å². The second kappa shape index (κ2) is 14.4. The summed E-state index contributed by atoms with van der Waals surface area (Å²) in [4.78, 5) is 0. The van der Waals surface area contributed by atoms with Crippen LogP contribution in [0.5, 0.6) is 11.5 Å². The lowest BCUT2D eigenvalue weighted by atomic mass is 9.97. The molecule has 0 unspecified atom stereocenters. The zero-order chi connectivity index (χ0) is 35.4. The molecule has 0 radical (unpaired) electrons. The number of alkyl halides is 6. The number of phenolic OH excluding ortho intramolecular Hbond substituents is 1. The Labute approximate surface area is 282 Å². The maximum Gasteiger partial charge on any atom is 0.416 e. The predicted octanol–water partition coefficient (Wildman–Crippen LogP) is 10.2. The smallest absolute Gasteiger partial charge is 0.416 e. The molecule has 5 rings (SSSR count). The SMILES string of the molecule is C=CCc1ccc(O)c(-c2cc(CC=C)ccc2OC[P+](c2ccc(C)cc2)(c2ccc(C(F)(F)F)cc2)c2ccc(C(F)(F)F)cc2)c1. The summed E-state index contributed by atoms with van der Waals surface area (Å²) < 4.78 is 88.8. The Bertz CT molecular complexity index is 1870. The number of rotatable bonds is 11. The van der Waals surface area contributed by atoms with E-state index in [0.717, 1.165) is 41.0 Å². The molecule has 0 aliphatic carbocycles. The quantitative estimate of drug-likeness (QED) is 0.0849. The van der Waals surface area contributed by atoms with Gasteiger partial charge in [-0.1, -0.05) is 42.0 Å². The van der Waals surface area contributed by atoms with Crippen LogP contribution in [0.25, 0.3) is 11.1 Å². The van der Waals surface area contributed by atoms with Crippen LogP contribution < -0.4 is 20.7 Å². The topological polar surface area (TPSA) is 29.5 Å². The van der Waals surface area contributed by atoms with Gasteiger partial charge < -0.3 is 9.84 Å². The third-order valence-electron chi connectivity index (χ3n) is 8.31. The molecule has 0 atom stereocenters. The average Bonchev–Trinajstić information content (AvgIpc) is 3.07. The first-order valence-corrected chi connectivity index (χ1v) is 17.3. The largest absolute Gasteiger partial charge is 0.507 e. The Morgan fingerprint density at radius 1 is 0.612 bits per heavy atom. The first-order valence-electron chi connectivity index (χ1n) is 15.4. The molecule has 5 aromatic carbocycles. The van der Waals surface area contributed by atoms with Crippen LogP contribution in [0.3, 0.4) is 0 Å². The van der Waals surface area contributed by atoms with Crippen LogP contribution in [-0.2, 0) is 25.2 Å². The fourth-order valence-electron chi connectivity index (χ4n) is 5.75. The lowest BCUT2D eigenvalue weighted by Gasteiger charge is -2.28. The highest BCUT2D eigenvalue weighted by Gasteiger charge is 2.48. The normalized spacial score (nSPS) is 12.1. The van der Waals surface area contributed by atoms with Crippen LogP contribution in [0.4, 0.5) is 26.3 Å². The van der Waals surface area contributed by atoms with E-state index in [4.69, 9.17) is 4.74 Å². The summed E-state index contributed by atoms with van der Waals surface area (Å²) >= 11 is 0. The summed E-state index contributed by atoms with van der Waals surface area (Å²) in [6.45, 7) is 9.52. The van der Waals surface area contributed by atoms with Gasteiger partial charge in [0.05, 0.1) is 11.1 Å². The lowest BCUT2D eigenvalue weighted by molar-refractivity contribution is -0.138. The molecule has 0 saturated carbocycles. The number of halogens is 6. The molecule has 0 amide bonds. The fourth-order valence-corrected chi connectivity index (χ4v) is 9.39. The first-order chi connectivity index (χ1) is 23.3. The van der Waals surface area contributed by atoms with Crippen molar-refractivity contribution >= 4 is 23.2 Å².